The Morgan fingerprint density at radius 2 is 2.00 bits per heavy atom. The van der Waals surface area contributed by atoms with E-state index in [0.29, 0.717) is 18.4 Å². The van der Waals surface area contributed by atoms with E-state index in [4.69, 9.17) is 4.74 Å². The van der Waals surface area contributed by atoms with E-state index in [0.717, 1.165) is 45.3 Å². The number of fused-ring (bicyclic) bond motifs is 1. The molecule has 2 N–H and O–H groups in total. The minimum atomic E-state index is -0.371. The zero-order valence-corrected chi connectivity index (χ0v) is 19.4. The minimum absolute atomic E-state index is 0.178. The predicted molar refractivity (Wildman–Crippen MR) is 121 cm³/mol. The van der Waals surface area contributed by atoms with Gasteiger partial charge in [-0.05, 0) is 65.3 Å². The molecule has 0 radical (unpaired) electrons. The Labute approximate surface area is 179 Å². The minimum Gasteiger partial charge on any atom is -0.392 e. The molecule has 4 nitrogen and oxygen atoms in total. The summed E-state index contributed by atoms with van der Waals surface area (Å²) in [4.78, 5) is 2.31. The number of likely N-dealkylation sites (N-methyl/N-ethyl adjacent to an activating group) is 1. The van der Waals surface area contributed by atoms with Crippen molar-refractivity contribution in [1.82, 2.24) is 4.90 Å². The standard InChI is InChI=1S/C25H45NO3/c1-6-7-8-9-21(27)10-11-22-23-17-19(16-20(23)18-24(22)28)12-14-29-15-13-26(5)25(2,3)4/h10-12,20-24,27-28H,6-9,13-18H2,1-5H3/b11-10+,19-12+/t20-,21-,22+,23-,24+/m0/s1. The fourth-order valence-electron chi connectivity index (χ4n) is 4.69. The van der Waals surface area contributed by atoms with Crippen LogP contribution >= 0.6 is 0 Å². The summed E-state index contributed by atoms with van der Waals surface area (Å²) in [5.74, 6) is 1.28. The molecule has 168 valence electrons. The highest BCUT2D eigenvalue weighted by Crippen LogP contribution is 2.50. The summed E-state index contributed by atoms with van der Waals surface area (Å²) in [7, 11) is 2.14. The maximum Gasteiger partial charge on any atom is 0.0721 e. The number of hydrogen-bond acceptors (Lipinski definition) is 4. The lowest BCUT2D eigenvalue weighted by molar-refractivity contribution is 0.0946. The molecule has 0 aromatic heterocycles. The molecule has 5 atom stereocenters. The highest BCUT2D eigenvalue weighted by Gasteiger charge is 2.44. The quantitative estimate of drug-likeness (QED) is 0.389. The van der Waals surface area contributed by atoms with E-state index in [1.807, 2.05) is 6.08 Å². The van der Waals surface area contributed by atoms with Crippen LogP contribution in [-0.4, -0.2) is 59.7 Å². The number of ether oxygens (including phenoxy) is 1. The third-order valence-corrected chi connectivity index (χ3v) is 6.98. The lowest BCUT2D eigenvalue weighted by Crippen LogP contribution is -2.40. The summed E-state index contributed by atoms with van der Waals surface area (Å²) in [5, 5.41) is 20.7. The smallest absolute Gasteiger partial charge is 0.0721 e. The van der Waals surface area contributed by atoms with Gasteiger partial charge in [0.1, 0.15) is 0 Å². The number of nitrogens with zero attached hydrogens (tertiary/aromatic N) is 1. The molecule has 0 aliphatic heterocycles. The van der Waals surface area contributed by atoms with Crippen LogP contribution in [0.1, 0.15) is 72.6 Å². The Kier molecular flexibility index (Phi) is 9.87. The van der Waals surface area contributed by atoms with Gasteiger partial charge in [-0.2, -0.15) is 0 Å². The topological polar surface area (TPSA) is 52.9 Å². The molecule has 0 saturated heterocycles. The van der Waals surface area contributed by atoms with Gasteiger partial charge in [-0.1, -0.05) is 50.0 Å². The van der Waals surface area contributed by atoms with Crippen molar-refractivity contribution < 1.29 is 14.9 Å². The molecule has 0 aromatic carbocycles. The number of aliphatic hydroxyl groups excluding tert-OH is 2. The average Bonchev–Trinajstić information content (AvgIpc) is 3.15. The first-order valence-electron chi connectivity index (χ1n) is 11.7. The van der Waals surface area contributed by atoms with E-state index in [1.165, 1.54) is 18.4 Å². The molecule has 0 amide bonds. The van der Waals surface area contributed by atoms with E-state index >= 15 is 0 Å². The Balaban J connectivity index is 1.75. The second-order valence-electron chi connectivity index (χ2n) is 10.2. The highest BCUT2D eigenvalue weighted by molar-refractivity contribution is 5.18. The molecule has 4 heteroatoms. The SMILES string of the molecule is CCCCC[C@H](O)/C=C/[C@@H]1[C@H]2C/C(=C/COCCN(C)C(C)(C)C)C[C@H]2C[C@H]1O. The maximum atomic E-state index is 10.5. The molecule has 0 bridgehead atoms. The fourth-order valence-corrected chi connectivity index (χ4v) is 4.69. The predicted octanol–water partition coefficient (Wildman–Crippen LogP) is 4.56. The van der Waals surface area contributed by atoms with Crippen molar-refractivity contribution >= 4 is 0 Å². The van der Waals surface area contributed by atoms with E-state index in [2.05, 4.69) is 51.8 Å². The van der Waals surface area contributed by atoms with Gasteiger partial charge in [0, 0.05) is 18.0 Å². The van der Waals surface area contributed by atoms with Crippen molar-refractivity contribution in [2.75, 3.05) is 26.8 Å². The van der Waals surface area contributed by atoms with Gasteiger partial charge in [0.2, 0.25) is 0 Å². The largest absolute Gasteiger partial charge is 0.392 e. The molecule has 2 aliphatic carbocycles. The Morgan fingerprint density at radius 1 is 1.24 bits per heavy atom. The van der Waals surface area contributed by atoms with Crippen LogP contribution in [0.4, 0.5) is 0 Å². The van der Waals surface area contributed by atoms with Crippen molar-refractivity contribution in [1.29, 1.82) is 0 Å². The first kappa shape index (κ1) is 24.6. The maximum absolute atomic E-state index is 10.5. The molecule has 2 rings (SSSR count). The van der Waals surface area contributed by atoms with Crippen LogP contribution < -0.4 is 0 Å². The zero-order valence-electron chi connectivity index (χ0n) is 19.4. The van der Waals surface area contributed by atoms with Crippen LogP contribution in [-0.2, 0) is 4.74 Å². The van der Waals surface area contributed by atoms with Crippen molar-refractivity contribution in [3.8, 4) is 0 Å². The summed E-state index contributed by atoms with van der Waals surface area (Å²) in [6, 6.07) is 0. The van der Waals surface area contributed by atoms with Crippen LogP contribution in [0.25, 0.3) is 0 Å². The first-order valence-corrected chi connectivity index (χ1v) is 11.7. The van der Waals surface area contributed by atoms with E-state index in [-0.39, 0.29) is 23.7 Å². The molecule has 29 heavy (non-hydrogen) atoms. The Morgan fingerprint density at radius 3 is 2.69 bits per heavy atom. The third kappa shape index (κ3) is 7.82. The van der Waals surface area contributed by atoms with Gasteiger partial charge in [0.05, 0.1) is 25.4 Å². The van der Waals surface area contributed by atoms with Crippen LogP contribution in [0, 0.1) is 17.8 Å². The second kappa shape index (κ2) is 11.6. The Hall–Kier alpha value is -0.680. The van der Waals surface area contributed by atoms with Gasteiger partial charge >= 0.3 is 0 Å². The molecule has 2 fully saturated rings. The fraction of sp³-hybridized carbons (Fsp3) is 0.840. The van der Waals surface area contributed by atoms with Gasteiger partial charge in [0.15, 0.2) is 0 Å². The number of hydrogen-bond donors (Lipinski definition) is 2. The van der Waals surface area contributed by atoms with E-state index in [1.54, 1.807) is 0 Å². The van der Waals surface area contributed by atoms with Gasteiger partial charge in [-0.25, -0.2) is 0 Å². The van der Waals surface area contributed by atoms with Crippen molar-refractivity contribution in [2.45, 2.75) is 90.4 Å². The molecule has 0 heterocycles. The van der Waals surface area contributed by atoms with Gasteiger partial charge in [-0.15, -0.1) is 0 Å². The lowest BCUT2D eigenvalue weighted by Gasteiger charge is -2.31. The monoisotopic (exact) mass is 407 g/mol. The zero-order chi connectivity index (χ0) is 21.4. The highest BCUT2D eigenvalue weighted by atomic mass is 16.5. The molecular formula is C25H45NO3. The van der Waals surface area contributed by atoms with Crippen molar-refractivity contribution in [2.24, 2.45) is 17.8 Å². The van der Waals surface area contributed by atoms with Crippen LogP contribution in [0.3, 0.4) is 0 Å². The molecule has 0 spiro atoms. The van der Waals surface area contributed by atoms with Gasteiger partial charge < -0.3 is 14.9 Å². The van der Waals surface area contributed by atoms with E-state index < -0.39 is 0 Å². The van der Waals surface area contributed by atoms with Crippen molar-refractivity contribution in [3.05, 3.63) is 23.8 Å². The number of rotatable bonds is 11. The third-order valence-electron chi connectivity index (χ3n) is 6.98. The molecular weight excluding hydrogens is 362 g/mol. The number of unbranched alkanes of at least 4 members (excludes halogenated alkanes) is 2. The number of aliphatic hydroxyl groups is 2. The summed E-state index contributed by atoms with van der Waals surface area (Å²) >= 11 is 0. The molecule has 2 aliphatic rings. The molecule has 2 saturated carbocycles. The summed E-state index contributed by atoms with van der Waals surface area (Å²) in [5.41, 5.74) is 1.66. The normalized spacial score (nSPS) is 30.0. The Bertz CT molecular complexity index is 537. The average molecular weight is 408 g/mol. The summed E-state index contributed by atoms with van der Waals surface area (Å²) in [6.07, 6.45) is 13.0. The van der Waals surface area contributed by atoms with Gasteiger partial charge in [0.25, 0.3) is 0 Å². The summed E-state index contributed by atoms with van der Waals surface area (Å²) < 4.78 is 5.84. The first-order chi connectivity index (χ1) is 13.7. The molecule has 0 aromatic rings. The second-order valence-corrected chi connectivity index (χ2v) is 10.2. The van der Waals surface area contributed by atoms with Crippen LogP contribution in [0.5, 0.6) is 0 Å². The van der Waals surface area contributed by atoms with Gasteiger partial charge in [-0.3, -0.25) is 4.90 Å². The van der Waals surface area contributed by atoms with E-state index in [9.17, 15) is 10.2 Å². The van der Waals surface area contributed by atoms with Crippen molar-refractivity contribution in [3.63, 3.8) is 0 Å². The molecule has 0 unspecified atom stereocenters. The van der Waals surface area contributed by atoms with Crippen LogP contribution in [0.15, 0.2) is 23.8 Å². The van der Waals surface area contributed by atoms with Crippen LogP contribution in [0.2, 0.25) is 0 Å². The summed E-state index contributed by atoms with van der Waals surface area (Å²) in [6.45, 7) is 11.2. The lowest BCUT2D eigenvalue weighted by atomic mass is 9.90. The number of allylic oxidation sites excluding steroid dienone is 1.